The van der Waals surface area contributed by atoms with Crippen molar-refractivity contribution in [1.82, 2.24) is 14.8 Å². The molecule has 134 valence electrons. The summed E-state index contributed by atoms with van der Waals surface area (Å²) in [5.41, 5.74) is 3.43. The zero-order chi connectivity index (χ0) is 17.7. The number of aromatic nitrogens is 1. The molecule has 4 nitrogen and oxygen atoms in total. The molecular weight excluding hydrogens is 322 g/mol. The van der Waals surface area contributed by atoms with E-state index in [2.05, 4.69) is 46.0 Å². The summed E-state index contributed by atoms with van der Waals surface area (Å²) in [4.78, 5) is 22.2. The van der Waals surface area contributed by atoms with Crippen LogP contribution in [0.5, 0.6) is 0 Å². The van der Waals surface area contributed by atoms with E-state index >= 15 is 0 Å². The van der Waals surface area contributed by atoms with Crippen molar-refractivity contribution >= 4 is 5.91 Å². The number of aryl methyl sites for hydroxylation is 1. The molecule has 0 spiro atoms. The predicted molar refractivity (Wildman–Crippen MR) is 101 cm³/mol. The number of fused-ring (bicyclic) bond motifs is 2. The van der Waals surface area contributed by atoms with Gasteiger partial charge in [-0.3, -0.25) is 14.7 Å². The number of hydrogen-bond acceptors (Lipinski definition) is 3. The van der Waals surface area contributed by atoms with Crippen LogP contribution >= 0.6 is 0 Å². The van der Waals surface area contributed by atoms with Crippen LogP contribution < -0.4 is 0 Å². The standard InChI is InChI=1S/C22H25N3O/c1-15-2-4-16(5-3-15)19-14-25(22(26)18-6-10-23-11-7-18)20-17-8-12-24(13-9-17)21(19)20/h2-7,10-11,17,19-21H,8-9,12-14H2,1H3/t19-,20+,21+/m0/s1. The number of piperidine rings is 3. The molecule has 4 heteroatoms. The highest BCUT2D eigenvalue weighted by Gasteiger charge is 2.54. The van der Waals surface area contributed by atoms with Gasteiger partial charge in [0.15, 0.2) is 0 Å². The Bertz CT molecular complexity index is 796. The molecular formula is C22H25N3O. The minimum absolute atomic E-state index is 0.172. The Kier molecular flexibility index (Phi) is 3.82. The lowest BCUT2D eigenvalue weighted by atomic mass is 9.75. The van der Waals surface area contributed by atoms with Gasteiger partial charge in [-0.15, -0.1) is 0 Å². The van der Waals surface area contributed by atoms with Crippen LogP contribution in [0.15, 0.2) is 48.8 Å². The van der Waals surface area contributed by atoms with Gasteiger partial charge in [0.05, 0.1) is 6.04 Å². The minimum Gasteiger partial charge on any atom is -0.333 e. The molecule has 1 aromatic heterocycles. The molecule has 26 heavy (non-hydrogen) atoms. The lowest BCUT2D eigenvalue weighted by Gasteiger charge is -2.51. The van der Waals surface area contributed by atoms with Crippen LogP contribution in [0, 0.1) is 12.8 Å². The summed E-state index contributed by atoms with van der Waals surface area (Å²) in [6.45, 7) is 5.33. The van der Waals surface area contributed by atoms with Crippen LogP contribution in [0.4, 0.5) is 0 Å². The second-order valence-electron chi connectivity index (χ2n) is 8.07. The first-order chi connectivity index (χ1) is 12.7. The maximum Gasteiger partial charge on any atom is 0.254 e. The van der Waals surface area contributed by atoms with Gasteiger partial charge in [-0.05, 0) is 56.5 Å². The lowest BCUT2D eigenvalue weighted by Crippen LogP contribution is -2.60. The van der Waals surface area contributed by atoms with E-state index in [-0.39, 0.29) is 5.91 Å². The molecule has 4 saturated heterocycles. The van der Waals surface area contributed by atoms with Gasteiger partial charge in [0.1, 0.15) is 0 Å². The molecule has 0 aliphatic carbocycles. The second kappa shape index (κ2) is 6.20. The van der Waals surface area contributed by atoms with Gasteiger partial charge >= 0.3 is 0 Å². The van der Waals surface area contributed by atoms with Crippen LogP contribution in [-0.4, -0.2) is 52.4 Å². The van der Waals surface area contributed by atoms with E-state index in [9.17, 15) is 4.79 Å². The highest BCUT2D eigenvalue weighted by molar-refractivity contribution is 5.94. The topological polar surface area (TPSA) is 36.4 Å². The summed E-state index contributed by atoms with van der Waals surface area (Å²) in [7, 11) is 0. The molecule has 0 N–H and O–H groups in total. The van der Waals surface area contributed by atoms with Crippen LogP contribution in [0.25, 0.3) is 0 Å². The number of rotatable bonds is 2. The largest absolute Gasteiger partial charge is 0.333 e. The maximum atomic E-state index is 13.3. The Morgan fingerprint density at radius 2 is 1.69 bits per heavy atom. The first kappa shape index (κ1) is 16.0. The van der Waals surface area contributed by atoms with Gasteiger partial charge in [-0.25, -0.2) is 0 Å². The third-order valence-corrected chi connectivity index (χ3v) is 6.69. The van der Waals surface area contributed by atoms with Crippen molar-refractivity contribution in [2.75, 3.05) is 19.6 Å². The average molecular weight is 347 g/mol. The molecule has 0 unspecified atom stereocenters. The minimum atomic E-state index is 0.172. The van der Waals surface area contributed by atoms with Crippen LogP contribution in [0.1, 0.15) is 40.2 Å². The first-order valence-corrected chi connectivity index (χ1v) is 9.74. The molecule has 2 bridgehead atoms. The summed E-state index contributed by atoms with van der Waals surface area (Å²) in [6.07, 6.45) is 5.88. The van der Waals surface area contributed by atoms with Crippen molar-refractivity contribution in [2.45, 2.75) is 37.8 Å². The zero-order valence-corrected chi connectivity index (χ0v) is 15.2. The molecule has 4 fully saturated rings. The van der Waals surface area contributed by atoms with Gasteiger partial charge in [0, 0.05) is 36.5 Å². The van der Waals surface area contributed by atoms with Crippen LogP contribution in [0.2, 0.25) is 0 Å². The van der Waals surface area contributed by atoms with E-state index in [1.807, 2.05) is 12.1 Å². The van der Waals surface area contributed by atoms with Gasteiger partial charge in [0.2, 0.25) is 0 Å². The summed E-state index contributed by atoms with van der Waals surface area (Å²) in [5, 5.41) is 0. The fourth-order valence-electron chi connectivity index (χ4n) is 5.42. The fraction of sp³-hybridized carbons (Fsp3) is 0.455. The Morgan fingerprint density at radius 1 is 1.00 bits per heavy atom. The van der Waals surface area contributed by atoms with Crippen molar-refractivity contribution < 1.29 is 4.79 Å². The molecule has 4 aliphatic heterocycles. The zero-order valence-electron chi connectivity index (χ0n) is 15.2. The third kappa shape index (κ3) is 2.47. The molecule has 1 amide bonds. The van der Waals surface area contributed by atoms with E-state index in [4.69, 9.17) is 0 Å². The average Bonchev–Trinajstić information content (AvgIpc) is 3.12. The van der Waals surface area contributed by atoms with E-state index < -0.39 is 0 Å². The van der Waals surface area contributed by atoms with Crippen molar-refractivity contribution in [3.8, 4) is 0 Å². The van der Waals surface area contributed by atoms with Crippen molar-refractivity contribution in [1.29, 1.82) is 0 Å². The van der Waals surface area contributed by atoms with E-state index in [0.717, 1.165) is 12.1 Å². The number of benzene rings is 1. The first-order valence-electron chi connectivity index (χ1n) is 9.74. The summed E-state index contributed by atoms with van der Waals surface area (Å²) in [5.74, 6) is 1.23. The molecule has 0 saturated carbocycles. The van der Waals surface area contributed by atoms with Gasteiger partial charge < -0.3 is 4.90 Å². The highest BCUT2D eigenvalue weighted by atomic mass is 16.2. The number of pyridine rings is 1. The van der Waals surface area contributed by atoms with E-state index in [1.165, 1.54) is 37.1 Å². The predicted octanol–water partition coefficient (Wildman–Crippen LogP) is 3.09. The molecule has 5 heterocycles. The number of nitrogens with zero attached hydrogens (tertiary/aromatic N) is 3. The Balaban J connectivity index is 1.52. The molecule has 3 atom stereocenters. The lowest BCUT2D eigenvalue weighted by molar-refractivity contribution is -0.00341. The number of carbonyl (C=O) groups excluding carboxylic acids is 1. The quantitative estimate of drug-likeness (QED) is 0.838. The van der Waals surface area contributed by atoms with E-state index in [1.54, 1.807) is 12.4 Å². The van der Waals surface area contributed by atoms with Gasteiger partial charge in [0.25, 0.3) is 5.91 Å². The van der Waals surface area contributed by atoms with E-state index in [0.29, 0.717) is 23.9 Å². The number of likely N-dealkylation sites (tertiary alicyclic amines) is 1. The molecule has 2 aromatic rings. The van der Waals surface area contributed by atoms with Crippen LogP contribution in [-0.2, 0) is 0 Å². The third-order valence-electron chi connectivity index (χ3n) is 6.69. The second-order valence-corrected chi connectivity index (χ2v) is 8.07. The SMILES string of the molecule is Cc1ccc([C@@H]2CN(C(=O)c3ccncc3)[C@@H]3C4CCN(CC4)[C@@H]32)cc1. The number of carbonyl (C=O) groups is 1. The summed E-state index contributed by atoms with van der Waals surface area (Å²) < 4.78 is 0. The monoisotopic (exact) mass is 347 g/mol. The fourth-order valence-corrected chi connectivity index (χ4v) is 5.42. The Labute approximate surface area is 154 Å². The van der Waals surface area contributed by atoms with Crippen molar-refractivity contribution in [2.24, 2.45) is 5.92 Å². The Morgan fingerprint density at radius 3 is 2.38 bits per heavy atom. The molecule has 6 rings (SSSR count). The highest BCUT2D eigenvalue weighted by Crippen LogP contribution is 2.46. The molecule has 1 aromatic carbocycles. The van der Waals surface area contributed by atoms with Crippen LogP contribution in [0.3, 0.4) is 0 Å². The van der Waals surface area contributed by atoms with Crippen molar-refractivity contribution in [3.05, 3.63) is 65.5 Å². The molecule has 4 aliphatic rings. The van der Waals surface area contributed by atoms with Gasteiger partial charge in [-0.2, -0.15) is 0 Å². The smallest absolute Gasteiger partial charge is 0.254 e. The number of hydrogen-bond donors (Lipinski definition) is 0. The summed E-state index contributed by atoms with van der Waals surface area (Å²) >= 11 is 0. The number of amides is 1. The molecule has 0 radical (unpaired) electrons. The summed E-state index contributed by atoms with van der Waals surface area (Å²) in [6, 6.07) is 13.4. The maximum absolute atomic E-state index is 13.3. The normalized spacial score (nSPS) is 32.5. The van der Waals surface area contributed by atoms with Crippen molar-refractivity contribution in [3.63, 3.8) is 0 Å². The van der Waals surface area contributed by atoms with Gasteiger partial charge in [-0.1, -0.05) is 29.8 Å². The Hall–Kier alpha value is -2.20.